The Morgan fingerprint density at radius 3 is 2.50 bits per heavy atom. The fraction of sp³-hybridized carbons (Fsp3) is 0.455. The maximum absolute atomic E-state index is 11.2. The molecule has 18 heavy (non-hydrogen) atoms. The number of nitrogens with zero attached hydrogens (tertiary/aromatic N) is 5. The molecule has 0 fully saturated rings. The number of hydrogen-bond acceptors (Lipinski definition) is 4. The lowest BCUT2D eigenvalue weighted by molar-refractivity contribution is 0.0687. The molecule has 0 saturated heterocycles. The van der Waals surface area contributed by atoms with Crippen molar-refractivity contribution in [3.05, 3.63) is 23.8 Å². The van der Waals surface area contributed by atoms with Crippen LogP contribution in [-0.4, -0.2) is 35.9 Å². The van der Waals surface area contributed by atoms with E-state index in [9.17, 15) is 4.79 Å². The molecule has 0 aliphatic rings. The highest BCUT2D eigenvalue weighted by Crippen LogP contribution is 2.26. The van der Waals surface area contributed by atoms with Crippen molar-refractivity contribution in [3.63, 3.8) is 0 Å². The zero-order valence-electron chi connectivity index (χ0n) is 10.7. The Morgan fingerprint density at radius 1 is 1.39 bits per heavy atom. The average molecular weight is 249 g/mol. The molecule has 2 rings (SSSR count). The monoisotopic (exact) mass is 249 g/mol. The third-order valence-corrected chi connectivity index (χ3v) is 2.52. The van der Waals surface area contributed by atoms with Gasteiger partial charge in [0, 0.05) is 12.5 Å². The first kappa shape index (κ1) is 12.3. The normalized spacial score (nSPS) is 11.8. The molecule has 2 aromatic rings. The first-order valence-electron chi connectivity index (χ1n) is 5.49. The van der Waals surface area contributed by atoms with E-state index >= 15 is 0 Å². The van der Waals surface area contributed by atoms with Gasteiger partial charge in [0.05, 0.1) is 18.1 Å². The van der Waals surface area contributed by atoms with Gasteiger partial charge in [-0.3, -0.25) is 4.68 Å². The Bertz CT molecular complexity index is 591. The van der Waals surface area contributed by atoms with Gasteiger partial charge in [-0.2, -0.15) is 5.10 Å². The summed E-state index contributed by atoms with van der Waals surface area (Å²) in [5.41, 5.74) is 0.851. The first-order valence-corrected chi connectivity index (χ1v) is 5.49. The Morgan fingerprint density at radius 2 is 2.06 bits per heavy atom. The molecule has 0 atom stereocenters. The molecule has 96 valence electrons. The highest BCUT2D eigenvalue weighted by molar-refractivity contribution is 5.87. The van der Waals surface area contributed by atoms with Crippen molar-refractivity contribution in [2.75, 3.05) is 0 Å². The van der Waals surface area contributed by atoms with Gasteiger partial charge in [-0.1, -0.05) is 26.0 Å². The molecule has 0 unspecified atom stereocenters. The van der Waals surface area contributed by atoms with Crippen LogP contribution in [-0.2, 0) is 12.5 Å². The largest absolute Gasteiger partial charge is 0.476 e. The van der Waals surface area contributed by atoms with E-state index in [1.54, 1.807) is 24.1 Å². The summed E-state index contributed by atoms with van der Waals surface area (Å²) >= 11 is 0. The SMILES string of the molecule is Cn1cc(-n2nnc(C(=O)O)c2C(C)(C)C)cn1. The molecule has 0 aliphatic carbocycles. The molecule has 0 spiro atoms. The summed E-state index contributed by atoms with van der Waals surface area (Å²) in [4.78, 5) is 11.2. The maximum Gasteiger partial charge on any atom is 0.358 e. The molecule has 0 aromatic carbocycles. The Hall–Kier alpha value is -2.18. The van der Waals surface area contributed by atoms with Crippen molar-refractivity contribution < 1.29 is 9.90 Å². The van der Waals surface area contributed by atoms with Crippen molar-refractivity contribution in [2.45, 2.75) is 26.2 Å². The Balaban J connectivity index is 2.66. The smallest absolute Gasteiger partial charge is 0.358 e. The zero-order valence-corrected chi connectivity index (χ0v) is 10.7. The summed E-state index contributed by atoms with van der Waals surface area (Å²) in [5.74, 6) is -1.07. The van der Waals surface area contributed by atoms with Gasteiger partial charge in [-0.15, -0.1) is 5.10 Å². The van der Waals surface area contributed by atoms with Crippen LogP contribution in [0.5, 0.6) is 0 Å². The van der Waals surface area contributed by atoms with Crippen LogP contribution in [0.4, 0.5) is 0 Å². The molecule has 0 amide bonds. The van der Waals surface area contributed by atoms with Crippen molar-refractivity contribution in [2.24, 2.45) is 7.05 Å². The molecule has 0 radical (unpaired) electrons. The zero-order chi connectivity index (χ0) is 13.5. The number of carboxylic acids is 1. The summed E-state index contributed by atoms with van der Waals surface area (Å²) < 4.78 is 3.15. The van der Waals surface area contributed by atoms with Crippen LogP contribution < -0.4 is 0 Å². The number of carbonyl (C=O) groups is 1. The number of aryl methyl sites for hydroxylation is 1. The van der Waals surface area contributed by atoms with E-state index in [2.05, 4.69) is 15.4 Å². The molecular weight excluding hydrogens is 234 g/mol. The quantitative estimate of drug-likeness (QED) is 0.858. The lowest BCUT2D eigenvalue weighted by Gasteiger charge is -2.19. The Labute approximate surface area is 104 Å². The lowest BCUT2D eigenvalue weighted by Crippen LogP contribution is -2.21. The third kappa shape index (κ3) is 1.99. The second kappa shape index (κ2) is 3.94. The van der Waals surface area contributed by atoms with E-state index < -0.39 is 5.97 Å². The first-order chi connectivity index (χ1) is 8.30. The number of hydrogen-bond donors (Lipinski definition) is 1. The standard InChI is InChI=1S/C11H15N5O2/c1-11(2,3)9-8(10(17)18)13-14-16(9)7-5-12-15(4)6-7/h5-6H,1-4H3,(H,17,18). The average Bonchev–Trinajstić information content (AvgIpc) is 2.80. The van der Waals surface area contributed by atoms with E-state index in [4.69, 9.17) is 5.11 Å². The molecule has 2 aromatic heterocycles. The molecule has 1 N–H and O–H groups in total. The number of aromatic carboxylic acids is 1. The molecule has 7 heteroatoms. The maximum atomic E-state index is 11.2. The van der Waals surface area contributed by atoms with Gasteiger partial charge < -0.3 is 5.11 Å². The third-order valence-electron chi connectivity index (χ3n) is 2.52. The molecule has 0 bridgehead atoms. The van der Waals surface area contributed by atoms with Crippen LogP contribution in [0, 0.1) is 0 Å². The van der Waals surface area contributed by atoms with Crippen LogP contribution in [0.1, 0.15) is 37.0 Å². The van der Waals surface area contributed by atoms with Gasteiger partial charge in [0.25, 0.3) is 0 Å². The van der Waals surface area contributed by atoms with Crippen molar-refractivity contribution in [1.82, 2.24) is 24.8 Å². The van der Waals surface area contributed by atoms with Crippen molar-refractivity contribution in [3.8, 4) is 5.69 Å². The molecule has 2 heterocycles. The molecule has 7 nitrogen and oxygen atoms in total. The predicted molar refractivity (Wildman–Crippen MR) is 63.8 cm³/mol. The van der Waals surface area contributed by atoms with Crippen LogP contribution >= 0.6 is 0 Å². The predicted octanol–water partition coefficient (Wildman–Crippen LogP) is 0.996. The Kier molecular flexibility index (Phi) is 2.68. The van der Waals surface area contributed by atoms with Gasteiger partial charge in [0.2, 0.25) is 0 Å². The van der Waals surface area contributed by atoms with E-state index in [1.165, 1.54) is 4.68 Å². The van der Waals surface area contributed by atoms with Gasteiger partial charge in [-0.05, 0) is 0 Å². The lowest BCUT2D eigenvalue weighted by atomic mass is 9.90. The van der Waals surface area contributed by atoms with E-state index in [0.717, 1.165) is 0 Å². The van der Waals surface area contributed by atoms with Crippen LogP contribution in [0.15, 0.2) is 12.4 Å². The van der Waals surface area contributed by atoms with Gasteiger partial charge >= 0.3 is 5.97 Å². The summed E-state index contributed by atoms with van der Waals surface area (Å²) in [6.45, 7) is 5.76. The fourth-order valence-electron chi connectivity index (χ4n) is 1.80. The topological polar surface area (TPSA) is 85.8 Å². The van der Waals surface area contributed by atoms with Gasteiger partial charge in [0.1, 0.15) is 5.69 Å². The van der Waals surface area contributed by atoms with Crippen LogP contribution in [0.2, 0.25) is 0 Å². The van der Waals surface area contributed by atoms with Gasteiger partial charge in [0.15, 0.2) is 5.69 Å². The van der Waals surface area contributed by atoms with Gasteiger partial charge in [-0.25, -0.2) is 9.48 Å². The highest BCUT2D eigenvalue weighted by Gasteiger charge is 2.29. The van der Waals surface area contributed by atoms with E-state index in [-0.39, 0.29) is 11.1 Å². The van der Waals surface area contributed by atoms with E-state index in [1.807, 2.05) is 20.8 Å². The molecule has 0 saturated carbocycles. The summed E-state index contributed by atoms with van der Waals surface area (Å²) in [6, 6.07) is 0. The number of aromatic nitrogens is 5. The minimum atomic E-state index is -1.07. The number of carboxylic acid groups (broad SMARTS) is 1. The van der Waals surface area contributed by atoms with Crippen LogP contribution in [0.3, 0.4) is 0 Å². The minimum absolute atomic E-state index is 0.0219. The highest BCUT2D eigenvalue weighted by atomic mass is 16.4. The number of rotatable bonds is 2. The second-order valence-electron chi connectivity index (χ2n) is 5.13. The summed E-state index contributed by atoms with van der Waals surface area (Å²) in [7, 11) is 1.79. The summed E-state index contributed by atoms with van der Waals surface area (Å²) in [5, 5.41) is 20.9. The molecular formula is C11H15N5O2. The van der Waals surface area contributed by atoms with Crippen molar-refractivity contribution >= 4 is 5.97 Å². The second-order valence-corrected chi connectivity index (χ2v) is 5.13. The summed E-state index contributed by atoms with van der Waals surface area (Å²) in [6.07, 6.45) is 3.38. The van der Waals surface area contributed by atoms with E-state index in [0.29, 0.717) is 11.4 Å². The minimum Gasteiger partial charge on any atom is -0.476 e. The molecule has 0 aliphatic heterocycles. The van der Waals surface area contributed by atoms with Crippen molar-refractivity contribution in [1.29, 1.82) is 0 Å². The van der Waals surface area contributed by atoms with Crippen LogP contribution in [0.25, 0.3) is 5.69 Å². The fourth-order valence-corrected chi connectivity index (χ4v) is 1.80.